The Morgan fingerprint density at radius 1 is 1.31 bits per heavy atom. The molecule has 1 amide bonds. The second kappa shape index (κ2) is 6.59. The summed E-state index contributed by atoms with van der Waals surface area (Å²) in [5, 5.41) is 11.5. The van der Waals surface area contributed by atoms with Crippen LogP contribution in [0.1, 0.15) is 46.8 Å². The number of nitrogens with zero attached hydrogens (tertiary/aromatic N) is 1. The topological polar surface area (TPSA) is 79.3 Å². The van der Waals surface area contributed by atoms with E-state index in [9.17, 15) is 22.8 Å². The number of fused-ring (bicyclic) bond motifs is 1. The monoisotopic (exact) mass is 366 g/mol. The number of hydrogen-bond acceptors (Lipinski definition) is 3. The minimum atomic E-state index is -4.70. The molecular formula is C18H17F3N2O3. The minimum absolute atomic E-state index is 0.147. The lowest BCUT2D eigenvalue weighted by Gasteiger charge is -2.17. The van der Waals surface area contributed by atoms with Crippen molar-refractivity contribution in [3.05, 3.63) is 41.1 Å². The standard InChI is InChI=1S/C18H17F3N2O3/c1-9-2-5-13-11(6-9)12(7-14(22-13)10-3-4-10)16(24)23-15(17(25)26)8-18(19,20)21/h2,5-7,10,15H,3-4,8H2,1H3,(H,23,24)(H,25,26). The lowest BCUT2D eigenvalue weighted by molar-refractivity contribution is -0.157. The Labute approximate surface area is 147 Å². The zero-order valence-electron chi connectivity index (χ0n) is 13.9. The minimum Gasteiger partial charge on any atom is -0.480 e. The fourth-order valence-corrected chi connectivity index (χ4v) is 2.80. The highest BCUT2D eigenvalue weighted by molar-refractivity contribution is 6.07. The zero-order valence-corrected chi connectivity index (χ0v) is 13.9. The summed E-state index contributed by atoms with van der Waals surface area (Å²) in [4.78, 5) is 28.2. The Balaban J connectivity index is 1.98. The molecule has 0 spiro atoms. The maximum absolute atomic E-state index is 12.6. The number of aromatic nitrogens is 1. The first-order chi connectivity index (χ1) is 12.1. The van der Waals surface area contributed by atoms with Gasteiger partial charge in [0.25, 0.3) is 5.91 Å². The lowest BCUT2D eigenvalue weighted by Crippen LogP contribution is -2.43. The van der Waals surface area contributed by atoms with Gasteiger partial charge in [0.05, 0.1) is 17.5 Å². The van der Waals surface area contributed by atoms with Crippen molar-refractivity contribution in [2.75, 3.05) is 0 Å². The molecule has 1 aliphatic carbocycles. The highest BCUT2D eigenvalue weighted by atomic mass is 19.4. The van der Waals surface area contributed by atoms with Crippen LogP contribution in [0.2, 0.25) is 0 Å². The van der Waals surface area contributed by atoms with Crippen molar-refractivity contribution < 1.29 is 27.9 Å². The number of aliphatic carboxylic acids is 1. The Morgan fingerprint density at radius 3 is 2.58 bits per heavy atom. The predicted molar refractivity (Wildman–Crippen MR) is 88.0 cm³/mol. The van der Waals surface area contributed by atoms with E-state index in [-0.39, 0.29) is 11.5 Å². The second-order valence-electron chi connectivity index (χ2n) is 6.57. The molecule has 26 heavy (non-hydrogen) atoms. The van der Waals surface area contributed by atoms with Gasteiger partial charge in [-0.05, 0) is 38.0 Å². The molecule has 1 aliphatic rings. The third-order valence-electron chi connectivity index (χ3n) is 4.26. The SMILES string of the molecule is Cc1ccc2nc(C3CC3)cc(C(=O)NC(CC(F)(F)F)C(=O)O)c2c1. The van der Waals surface area contributed by atoms with E-state index < -0.39 is 30.5 Å². The Hall–Kier alpha value is -2.64. The molecule has 0 saturated heterocycles. The smallest absolute Gasteiger partial charge is 0.391 e. The van der Waals surface area contributed by atoms with Gasteiger partial charge in [0, 0.05) is 17.0 Å². The fourth-order valence-electron chi connectivity index (χ4n) is 2.80. The number of benzene rings is 1. The predicted octanol–water partition coefficient (Wildman–Crippen LogP) is 3.56. The summed E-state index contributed by atoms with van der Waals surface area (Å²) in [5.74, 6) is -2.34. The van der Waals surface area contributed by atoms with Crippen molar-refractivity contribution >= 4 is 22.8 Å². The van der Waals surface area contributed by atoms with E-state index in [1.54, 1.807) is 18.2 Å². The number of pyridine rings is 1. The number of carboxylic acids is 1. The van der Waals surface area contributed by atoms with Crippen LogP contribution >= 0.6 is 0 Å². The van der Waals surface area contributed by atoms with Crippen molar-refractivity contribution in [3.8, 4) is 0 Å². The first-order valence-corrected chi connectivity index (χ1v) is 8.16. The van der Waals surface area contributed by atoms with E-state index in [4.69, 9.17) is 5.11 Å². The number of carboxylic acid groups (broad SMARTS) is 1. The van der Waals surface area contributed by atoms with Gasteiger partial charge in [0.2, 0.25) is 0 Å². The summed E-state index contributed by atoms with van der Waals surface area (Å²) in [5.41, 5.74) is 2.27. The van der Waals surface area contributed by atoms with Crippen LogP contribution in [-0.2, 0) is 4.79 Å². The highest BCUT2D eigenvalue weighted by Crippen LogP contribution is 2.40. The van der Waals surface area contributed by atoms with Crippen LogP contribution in [0.3, 0.4) is 0 Å². The molecule has 1 unspecified atom stereocenters. The first kappa shape index (κ1) is 18.2. The third kappa shape index (κ3) is 4.12. The molecule has 0 bridgehead atoms. The molecule has 0 aliphatic heterocycles. The van der Waals surface area contributed by atoms with Gasteiger partial charge in [-0.15, -0.1) is 0 Å². The maximum atomic E-state index is 12.6. The molecule has 0 radical (unpaired) electrons. The Morgan fingerprint density at radius 2 is 2.00 bits per heavy atom. The summed E-state index contributed by atoms with van der Waals surface area (Å²) in [6.45, 7) is 1.82. The third-order valence-corrected chi connectivity index (χ3v) is 4.26. The van der Waals surface area contributed by atoms with E-state index in [0.29, 0.717) is 16.6 Å². The van der Waals surface area contributed by atoms with Gasteiger partial charge in [-0.2, -0.15) is 13.2 Å². The Bertz CT molecular complexity index is 876. The summed E-state index contributed by atoms with van der Waals surface area (Å²) < 4.78 is 37.7. The van der Waals surface area contributed by atoms with E-state index in [1.165, 1.54) is 0 Å². The molecule has 1 atom stereocenters. The quantitative estimate of drug-likeness (QED) is 0.848. The number of hydrogen-bond donors (Lipinski definition) is 2. The number of amides is 1. The van der Waals surface area contributed by atoms with E-state index in [2.05, 4.69) is 4.98 Å². The van der Waals surface area contributed by atoms with Crippen LogP contribution < -0.4 is 5.32 Å². The van der Waals surface area contributed by atoms with Crippen molar-refractivity contribution in [3.63, 3.8) is 0 Å². The molecule has 1 saturated carbocycles. The largest absolute Gasteiger partial charge is 0.480 e. The summed E-state index contributed by atoms with van der Waals surface area (Å²) in [6, 6.07) is 4.81. The van der Waals surface area contributed by atoms with Crippen molar-refractivity contribution in [2.24, 2.45) is 0 Å². The number of alkyl halides is 3. The van der Waals surface area contributed by atoms with Crippen LogP contribution in [0.5, 0.6) is 0 Å². The van der Waals surface area contributed by atoms with E-state index in [0.717, 1.165) is 18.4 Å². The molecule has 1 aromatic heterocycles. The molecule has 1 aromatic carbocycles. The van der Waals surface area contributed by atoms with Crippen molar-refractivity contribution in [1.82, 2.24) is 10.3 Å². The lowest BCUT2D eigenvalue weighted by atomic mass is 10.0. The van der Waals surface area contributed by atoms with Crippen molar-refractivity contribution in [2.45, 2.75) is 44.3 Å². The van der Waals surface area contributed by atoms with Crippen LogP contribution in [0, 0.1) is 6.92 Å². The van der Waals surface area contributed by atoms with Crippen LogP contribution in [0.25, 0.3) is 10.9 Å². The number of halogens is 3. The van der Waals surface area contributed by atoms with E-state index in [1.807, 2.05) is 18.3 Å². The molecule has 8 heteroatoms. The zero-order chi connectivity index (χ0) is 19.1. The van der Waals surface area contributed by atoms with E-state index >= 15 is 0 Å². The maximum Gasteiger partial charge on any atom is 0.391 e. The summed E-state index contributed by atoms with van der Waals surface area (Å²) >= 11 is 0. The van der Waals surface area contributed by atoms with Gasteiger partial charge in [0.15, 0.2) is 0 Å². The van der Waals surface area contributed by atoms with Crippen molar-refractivity contribution in [1.29, 1.82) is 0 Å². The number of carbonyl (C=O) groups excluding carboxylic acids is 1. The number of nitrogens with one attached hydrogen (secondary N) is 1. The summed E-state index contributed by atoms with van der Waals surface area (Å²) in [7, 11) is 0. The molecular weight excluding hydrogens is 349 g/mol. The van der Waals surface area contributed by atoms with Crippen LogP contribution in [0.15, 0.2) is 24.3 Å². The van der Waals surface area contributed by atoms with Gasteiger partial charge in [-0.25, -0.2) is 4.79 Å². The van der Waals surface area contributed by atoms with Gasteiger partial charge < -0.3 is 10.4 Å². The number of carbonyl (C=O) groups is 2. The molecule has 3 rings (SSSR count). The second-order valence-corrected chi connectivity index (χ2v) is 6.57. The molecule has 1 fully saturated rings. The van der Waals surface area contributed by atoms with Gasteiger partial charge in [0.1, 0.15) is 6.04 Å². The Kier molecular flexibility index (Phi) is 4.60. The first-order valence-electron chi connectivity index (χ1n) is 8.16. The number of aryl methyl sites for hydroxylation is 1. The molecule has 1 heterocycles. The fraction of sp³-hybridized carbons (Fsp3) is 0.389. The van der Waals surface area contributed by atoms with Crippen LogP contribution in [-0.4, -0.2) is 34.2 Å². The molecule has 2 aromatic rings. The average molecular weight is 366 g/mol. The number of rotatable bonds is 5. The van der Waals surface area contributed by atoms with Gasteiger partial charge >= 0.3 is 12.1 Å². The summed E-state index contributed by atoms with van der Waals surface area (Å²) in [6.07, 6.45) is -4.45. The van der Waals surface area contributed by atoms with Gasteiger partial charge in [-0.1, -0.05) is 11.6 Å². The highest BCUT2D eigenvalue weighted by Gasteiger charge is 2.37. The van der Waals surface area contributed by atoms with Gasteiger partial charge in [-0.3, -0.25) is 9.78 Å². The molecule has 138 valence electrons. The average Bonchev–Trinajstić information content (AvgIpc) is 3.36. The molecule has 5 nitrogen and oxygen atoms in total. The molecule has 2 N–H and O–H groups in total. The van der Waals surface area contributed by atoms with Crippen LogP contribution in [0.4, 0.5) is 13.2 Å². The normalized spacial score (nSPS) is 15.7.